The number of nitrogens with one attached hydrogen (secondary N) is 1. The molecule has 1 aromatic carbocycles. The maximum atomic E-state index is 12.0. The van der Waals surface area contributed by atoms with Gasteiger partial charge in [0.05, 0.1) is 12.0 Å². The lowest BCUT2D eigenvalue weighted by Crippen LogP contribution is -2.44. The first-order valence-electron chi connectivity index (χ1n) is 7.07. The number of carboxylic acid groups (broad SMARTS) is 1. The van der Waals surface area contributed by atoms with Crippen molar-refractivity contribution in [2.45, 2.75) is 31.3 Å². The molecule has 112 valence electrons. The average molecular weight is 288 g/mol. The molecule has 1 aliphatic rings. The highest BCUT2D eigenvalue weighted by Crippen LogP contribution is 2.18. The molecule has 0 aliphatic heterocycles. The minimum Gasteiger partial charge on any atom is -0.481 e. The first-order valence-corrected chi connectivity index (χ1v) is 7.07. The predicted molar refractivity (Wildman–Crippen MR) is 79.6 cm³/mol. The molecule has 1 amide bonds. The Morgan fingerprint density at radius 1 is 1.29 bits per heavy atom. The number of amides is 1. The van der Waals surface area contributed by atoms with Crippen molar-refractivity contribution in [3.8, 4) is 0 Å². The molecule has 1 aliphatic carbocycles. The predicted octanol–water partition coefficient (Wildman–Crippen LogP) is 1.09. The van der Waals surface area contributed by atoms with Crippen LogP contribution in [0.3, 0.4) is 0 Å². The van der Waals surface area contributed by atoms with E-state index in [0.717, 1.165) is 12.0 Å². The summed E-state index contributed by atoms with van der Waals surface area (Å²) in [5, 5.41) is 11.7. The lowest BCUT2D eigenvalue weighted by Gasteiger charge is -2.16. The summed E-state index contributed by atoms with van der Waals surface area (Å²) in [7, 11) is 0. The maximum Gasteiger partial charge on any atom is 0.310 e. The van der Waals surface area contributed by atoms with E-state index in [-0.39, 0.29) is 11.9 Å². The zero-order valence-electron chi connectivity index (χ0n) is 11.7. The van der Waals surface area contributed by atoms with E-state index in [4.69, 9.17) is 10.8 Å². The molecule has 2 rings (SSSR count). The van der Waals surface area contributed by atoms with Crippen molar-refractivity contribution < 1.29 is 14.7 Å². The van der Waals surface area contributed by atoms with Gasteiger partial charge in [0, 0.05) is 6.04 Å². The molecule has 1 aromatic rings. The van der Waals surface area contributed by atoms with Crippen LogP contribution in [-0.4, -0.2) is 29.1 Å². The van der Waals surface area contributed by atoms with Crippen LogP contribution in [-0.2, 0) is 16.0 Å². The van der Waals surface area contributed by atoms with Gasteiger partial charge in [-0.1, -0.05) is 42.5 Å². The molecule has 21 heavy (non-hydrogen) atoms. The molecule has 0 saturated heterocycles. The molecule has 0 radical (unpaired) electrons. The van der Waals surface area contributed by atoms with Gasteiger partial charge in [-0.05, 0) is 24.8 Å². The molecule has 5 nitrogen and oxygen atoms in total. The van der Waals surface area contributed by atoms with E-state index in [2.05, 4.69) is 5.32 Å². The summed E-state index contributed by atoms with van der Waals surface area (Å²) < 4.78 is 0. The summed E-state index contributed by atoms with van der Waals surface area (Å²) in [6, 6.07) is 9.04. The second-order valence-corrected chi connectivity index (χ2v) is 5.31. The highest BCUT2D eigenvalue weighted by molar-refractivity contribution is 5.82. The topological polar surface area (TPSA) is 92.4 Å². The Hall–Kier alpha value is -2.14. The molecular weight excluding hydrogens is 268 g/mol. The zero-order chi connectivity index (χ0) is 15.2. The summed E-state index contributed by atoms with van der Waals surface area (Å²) in [6.45, 7) is 0. The van der Waals surface area contributed by atoms with Gasteiger partial charge in [0.25, 0.3) is 0 Å². The Morgan fingerprint density at radius 2 is 2.00 bits per heavy atom. The van der Waals surface area contributed by atoms with Gasteiger partial charge in [0.2, 0.25) is 5.91 Å². The molecular formula is C16H20N2O3. The lowest BCUT2D eigenvalue weighted by molar-refractivity contribution is -0.140. The van der Waals surface area contributed by atoms with Gasteiger partial charge >= 0.3 is 5.97 Å². The summed E-state index contributed by atoms with van der Waals surface area (Å²) in [5.74, 6) is -1.61. The maximum absolute atomic E-state index is 12.0. The molecule has 5 heteroatoms. The van der Waals surface area contributed by atoms with Crippen molar-refractivity contribution >= 4 is 11.9 Å². The molecule has 0 heterocycles. The van der Waals surface area contributed by atoms with Crippen LogP contribution in [0, 0.1) is 5.92 Å². The van der Waals surface area contributed by atoms with E-state index < -0.39 is 17.9 Å². The number of carbonyl (C=O) groups is 2. The molecule has 0 bridgehead atoms. The Kier molecular flexibility index (Phi) is 5.11. The number of aryl methyl sites for hydroxylation is 1. The fourth-order valence-corrected chi connectivity index (χ4v) is 2.38. The third-order valence-corrected chi connectivity index (χ3v) is 3.65. The molecule has 0 spiro atoms. The number of benzene rings is 1. The molecule has 3 atom stereocenters. The van der Waals surface area contributed by atoms with Crippen molar-refractivity contribution in [2.24, 2.45) is 11.7 Å². The molecule has 0 aromatic heterocycles. The number of aliphatic carboxylic acids is 1. The van der Waals surface area contributed by atoms with Crippen LogP contribution in [0.4, 0.5) is 0 Å². The van der Waals surface area contributed by atoms with E-state index in [1.54, 1.807) is 12.2 Å². The number of hydrogen-bond acceptors (Lipinski definition) is 3. The highest BCUT2D eigenvalue weighted by atomic mass is 16.4. The van der Waals surface area contributed by atoms with Crippen LogP contribution < -0.4 is 11.1 Å². The first kappa shape index (κ1) is 15.3. The molecule has 4 N–H and O–H groups in total. The second-order valence-electron chi connectivity index (χ2n) is 5.31. The Bertz CT molecular complexity index is 528. The number of rotatable bonds is 6. The largest absolute Gasteiger partial charge is 0.481 e. The average Bonchev–Trinajstić information content (AvgIpc) is 2.94. The first-order chi connectivity index (χ1) is 10.1. The number of hydrogen-bond donors (Lipinski definition) is 3. The quantitative estimate of drug-likeness (QED) is 0.683. The summed E-state index contributed by atoms with van der Waals surface area (Å²) in [4.78, 5) is 22.8. The standard InChI is InChI=1S/C16H20N2O3/c17-14(9-6-11-4-2-1-3-5-11)15(19)18-13-8-7-12(10-13)16(20)21/h1-5,7-8,12-14H,6,9-10,17H2,(H,18,19)(H,20,21). The van der Waals surface area contributed by atoms with Crippen LogP contribution >= 0.6 is 0 Å². The van der Waals surface area contributed by atoms with Gasteiger partial charge in [-0.15, -0.1) is 0 Å². The highest BCUT2D eigenvalue weighted by Gasteiger charge is 2.26. The van der Waals surface area contributed by atoms with Crippen molar-refractivity contribution in [3.63, 3.8) is 0 Å². The van der Waals surface area contributed by atoms with Gasteiger partial charge < -0.3 is 16.2 Å². The summed E-state index contributed by atoms with van der Waals surface area (Å²) in [5.41, 5.74) is 7.03. The smallest absolute Gasteiger partial charge is 0.310 e. The fourth-order valence-electron chi connectivity index (χ4n) is 2.38. The van der Waals surface area contributed by atoms with Crippen LogP contribution in [0.2, 0.25) is 0 Å². The van der Waals surface area contributed by atoms with Gasteiger partial charge in [-0.3, -0.25) is 9.59 Å². The minimum absolute atomic E-state index is 0.230. The van der Waals surface area contributed by atoms with Crippen molar-refractivity contribution in [1.82, 2.24) is 5.32 Å². The summed E-state index contributed by atoms with van der Waals surface area (Å²) >= 11 is 0. The fraction of sp³-hybridized carbons (Fsp3) is 0.375. The number of carbonyl (C=O) groups excluding carboxylic acids is 1. The molecule has 0 fully saturated rings. The van der Waals surface area contributed by atoms with Gasteiger partial charge in [-0.25, -0.2) is 0 Å². The van der Waals surface area contributed by atoms with E-state index >= 15 is 0 Å². The Morgan fingerprint density at radius 3 is 2.62 bits per heavy atom. The lowest BCUT2D eigenvalue weighted by atomic mass is 10.0. The SMILES string of the molecule is NC(CCc1ccccc1)C(=O)NC1C=CC(C(=O)O)C1. The summed E-state index contributed by atoms with van der Waals surface area (Å²) in [6.07, 6.45) is 5.04. The van der Waals surface area contributed by atoms with Crippen LogP contribution in [0.15, 0.2) is 42.5 Å². The zero-order valence-corrected chi connectivity index (χ0v) is 11.7. The van der Waals surface area contributed by atoms with Gasteiger partial charge in [-0.2, -0.15) is 0 Å². The van der Waals surface area contributed by atoms with E-state index in [0.29, 0.717) is 12.8 Å². The Labute approximate surface area is 123 Å². The third kappa shape index (κ3) is 4.43. The molecule has 3 unspecified atom stereocenters. The number of carboxylic acids is 1. The van der Waals surface area contributed by atoms with Crippen LogP contribution in [0.1, 0.15) is 18.4 Å². The van der Waals surface area contributed by atoms with E-state index in [1.165, 1.54) is 0 Å². The normalized spacial score (nSPS) is 22.0. The van der Waals surface area contributed by atoms with E-state index in [9.17, 15) is 9.59 Å². The minimum atomic E-state index is -0.864. The second kappa shape index (κ2) is 7.04. The Balaban J connectivity index is 1.76. The van der Waals surface area contributed by atoms with Crippen molar-refractivity contribution in [2.75, 3.05) is 0 Å². The third-order valence-electron chi connectivity index (χ3n) is 3.65. The van der Waals surface area contributed by atoms with Crippen molar-refractivity contribution in [1.29, 1.82) is 0 Å². The van der Waals surface area contributed by atoms with Gasteiger partial charge in [0.15, 0.2) is 0 Å². The van der Waals surface area contributed by atoms with Crippen LogP contribution in [0.25, 0.3) is 0 Å². The van der Waals surface area contributed by atoms with E-state index in [1.807, 2.05) is 30.3 Å². The van der Waals surface area contributed by atoms with Crippen molar-refractivity contribution in [3.05, 3.63) is 48.0 Å². The monoisotopic (exact) mass is 288 g/mol. The van der Waals surface area contributed by atoms with Gasteiger partial charge in [0.1, 0.15) is 0 Å². The number of nitrogens with two attached hydrogens (primary N) is 1. The molecule has 0 saturated carbocycles. The van der Waals surface area contributed by atoms with Crippen LogP contribution in [0.5, 0.6) is 0 Å².